The molecule has 2 aromatic heterocycles. The summed E-state index contributed by atoms with van der Waals surface area (Å²) < 4.78 is 12.3. The monoisotopic (exact) mass is 409 g/mol. The number of carbonyl (C=O) groups is 2. The van der Waals surface area contributed by atoms with Crippen molar-refractivity contribution in [2.24, 2.45) is 0 Å². The fourth-order valence-corrected chi connectivity index (χ4v) is 3.19. The third kappa shape index (κ3) is 3.54. The molecule has 9 nitrogen and oxygen atoms in total. The highest BCUT2D eigenvalue weighted by molar-refractivity contribution is 6.06. The van der Waals surface area contributed by atoms with Crippen LogP contribution in [0.3, 0.4) is 0 Å². The van der Waals surface area contributed by atoms with Crippen molar-refractivity contribution in [2.45, 2.75) is 39.7 Å². The van der Waals surface area contributed by atoms with Crippen LogP contribution in [0.1, 0.15) is 66.1 Å². The highest BCUT2D eigenvalue weighted by atomic mass is 16.7. The Morgan fingerprint density at radius 1 is 1.03 bits per heavy atom. The molecule has 2 N–H and O–H groups in total. The number of carbonyl (C=O) groups excluding carboxylic acids is 2. The van der Waals surface area contributed by atoms with Crippen molar-refractivity contribution in [2.75, 3.05) is 6.79 Å². The molecule has 3 aromatic rings. The van der Waals surface area contributed by atoms with Gasteiger partial charge in [-0.15, -0.1) is 0 Å². The van der Waals surface area contributed by atoms with E-state index in [4.69, 9.17) is 9.47 Å². The number of nitrogens with one attached hydrogen (secondary N) is 2. The Morgan fingerprint density at radius 2 is 1.77 bits per heavy atom. The van der Waals surface area contributed by atoms with Crippen LogP contribution in [0.4, 0.5) is 0 Å². The Balaban J connectivity index is 1.57. The summed E-state index contributed by atoms with van der Waals surface area (Å²) in [4.78, 5) is 30.0. The van der Waals surface area contributed by atoms with Gasteiger partial charge in [0.1, 0.15) is 0 Å². The molecule has 0 fully saturated rings. The molecule has 1 aliphatic rings. The molecule has 4 rings (SSSR count). The van der Waals surface area contributed by atoms with Crippen LogP contribution >= 0.6 is 0 Å². The molecule has 0 radical (unpaired) electrons. The highest BCUT2D eigenvalue weighted by Gasteiger charge is 2.20. The maximum Gasteiger partial charge on any atom is 0.270 e. The third-order valence-corrected chi connectivity index (χ3v) is 4.84. The van der Waals surface area contributed by atoms with Crippen LogP contribution in [0.2, 0.25) is 0 Å². The van der Waals surface area contributed by atoms with E-state index in [2.05, 4.69) is 20.9 Å². The van der Waals surface area contributed by atoms with E-state index in [-0.39, 0.29) is 18.8 Å². The van der Waals surface area contributed by atoms with Gasteiger partial charge >= 0.3 is 0 Å². The maximum absolute atomic E-state index is 12.9. The maximum atomic E-state index is 12.9. The molecule has 0 atom stereocenters. The SMILES string of the molecule is CC(C)c1cc(C(=O)NNC(=O)c2ccc3c(c2)OCO3)c2cnn(C(C)C)c2n1. The fraction of sp³-hybridized carbons (Fsp3) is 0.333. The Hall–Kier alpha value is -3.62. The van der Waals surface area contributed by atoms with Gasteiger partial charge in [0, 0.05) is 17.3 Å². The lowest BCUT2D eigenvalue weighted by atomic mass is 10.1. The number of benzene rings is 1. The zero-order valence-corrected chi connectivity index (χ0v) is 17.2. The van der Waals surface area contributed by atoms with Crippen molar-refractivity contribution in [3.05, 3.63) is 47.3 Å². The third-order valence-electron chi connectivity index (χ3n) is 4.84. The molecule has 0 spiro atoms. The van der Waals surface area contributed by atoms with Gasteiger partial charge in [-0.05, 0) is 44.0 Å². The van der Waals surface area contributed by atoms with Crippen LogP contribution in [0, 0.1) is 0 Å². The fourth-order valence-electron chi connectivity index (χ4n) is 3.19. The standard InChI is InChI=1S/C21H23N5O4/c1-11(2)16-8-14(15-9-22-26(12(3)4)19(15)23-16)21(28)25-24-20(27)13-5-6-17-18(7-13)30-10-29-17/h5-9,11-12H,10H2,1-4H3,(H,24,27)(H,25,28). The zero-order valence-electron chi connectivity index (χ0n) is 17.2. The number of fused-ring (bicyclic) bond motifs is 2. The Bertz CT molecular complexity index is 1140. The molecule has 0 saturated carbocycles. The normalized spacial score (nSPS) is 12.6. The zero-order chi connectivity index (χ0) is 21.4. The minimum Gasteiger partial charge on any atom is -0.454 e. The van der Waals surface area contributed by atoms with Crippen molar-refractivity contribution >= 4 is 22.8 Å². The lowest BCUT2D eigenvalue weighted by Gasteiger charge is -2.13. The summed E-state index contributed by atoms with van der Waals surface area (Å²) in [6.45, 7) is 8.14. The number of ether oxygens (including phenoxy) is 2. The van der Waals surface area contributed by atoms with E-state index < -0.39 is 11.8 Å². The first-order valence-corrected chi connectivity index (χ1v) is 9.73. The summed E-state index contributed by atoms with van der Waals surface area (Å²) in [7, 11) is 0. The molecule has 2 amide bonds. The lowest BCUT2D eigenvalue weighted by Crippen LogP contribution is -2.41. The molecule has 0 bridgehead atoms. The van der Waals surface area contributed by atoms with Crippen molar-refractivity contribution < 1.29 is 19.1 Å². The van der Waals surface area contributed by atoms with E-state index in [1.165, 1.54) is 0 Å². The number of hydrogen-bond donors (Lipinski definition) is 2. The second kappa shape index (κ2) is 7.66. The Labute approximate surface area is 173 Å². The van der Waals surface area contributed by atoms with E-state index in [1.807, 2.05) is 27.7 Å². The van der Waals surface area contributed by atoms with E-state index in [9.17, 15) is 9.59 Å². The molecule has 1 aliphatic heterocycles. The predicted octanol–water partition coefficient (Wildman–Crippen LogP) is 2.94. The second-order valence-electron chi connectivity index (χ2n) is 7.65. The number of amides is 2. The van der Waals surface area contributed by atoms with Gasteiger partial charge in [0.15, 0.2) is 17.1 Å². The summed E-state index contributed by atoms with van der Waals surface area (Å²) in [6.07, 6.45) is 1.63. The molecule has 0 unspecified atom stereocenters. The summed E-state index contributed by atoms with van der Waals surface area (Å²) in [5, 5.41) is 5.00. The van der Waals surface area contributed by atoms with Gasteiger partial charge in [-0.3, -0.25) is 20.4 Å². The van der Waals surface area contributed by atoms with Crippen LogP contribution in [0.5, 0.6) is 11.5 Å². The summed E-state index contributed by atoms with van der Waals surface area (Å²) >= 11 is 0. The molecule has 0 aliphatic carbocycles. The van der Waals surface area contributed by atoms with Gasteiger partial charge in [0.2, 0.25) is 6.79 Å². The summed E-state index contributed by atoms with van der Waals surface area (Å²) in [6, 6.07) is 6.66. The van der Waals surface area contributed by atoms with Crippen LogP contribution in [-0.2, 0) is 0 Å². The van der Waals surface area contributed by atoms with E-state index >= 15 is 0 Å². The summed E-state index contributed by atoms with van der Waals surface area (Å²) in [5.74, 6) is 0.293. The number of aromatic nitrogens is 3. The van der Waals surface area contributed by atoms with Gasteiger partial charge in [0.05, 0.1) is 17.1 Å². The highest BCUT2D eigenvalue weighted by Crippen LogP contribution is 2.32. The lowest BCUT2D eigenvalue weighted by molar-refractivity contribution is 0.0847. The van der Waals surface area contributed by atoms with Crippen molar-refractivity contribution in [1.82, 2.24) is 25.6 Å². The Kier molecular flexibility index (Phi) is 5.03. The van der Waals surface area contributed by atoms with Crippen molar-refractivity contribution in [3.8, 4) is 11.5 Å². The first-order valence-electron chi connectivity index (χ1n) is 9.73. The minimum atomic E-state index is -0.464. The van der Waals surface area contributed by atoms with Gasteiger partial charge in [-0.1, -0.05) is 13.8 Å². The predicted molar refractivity (Wildman–Crippen MR) is 109 cm³/mol. The average molecular weight is 409 g/mol. The largest absolute Gasteiger partial charge is 0.454 e. The van der Waals surface area contributed by atoms with Crippen molar-refractivity contribution in [1.29, 1.82) is 0 Å². The second-order valence-corrected chi connectivity index (χ2v) is 7.65. The smallest absolute Gasteiger partial charge is 0.270 e. The van der Waals surface area contributed by atoms with Gasteiger partial charge < -0.3 is 9.47 Å². The first kappa shape index (κ1) is 19.7. The first-order chi connectivity index (χ1) is 14.3. The number of hydrogen-bond acceptors (Lipinski definition) is 6. The minimum absolute atomic E-state index is 0.0963. The average Bonchev–Trinajstić information content (AvgIpc) is 3.36. The molecule has 9 heteroatoms. The number of pyridine rings is 1. The van der Waals surface area contributed by atoms with Crippen molar-refractivity contribution in [3.63, 3.8) is 0 Å². The van der Waals surface area contributed by atoms with Crippen LogP contribution in [-0.4, -0.2) is 33.4 Å². The molecule has 3 heterocycles. The quantitative estimate of drug-likeness (QED) is 0.642. The van der Waals surface area contributed by atoms with Gasteiger partial charge in [0.25, 0.3) is 11.8 Å². The van der Waals surface area contributed by atoms with E-state index in [0.29, 0.717) is 33.7 Å². The molecular weight excluding hydrogens is 386 g/mol. The van der Waals surface area contributed by atoms with E-state index in [0.717, 1.165) is 5.69 Å². The molecular formula is C21H23N5O4. The van der Waals surface area contributed by atoms with Crippen LogP contribution in [0.15, 0.2) is 30.5 Å². The Morgan fingerprint density at radius 3 is 2.50 bits per heavy atom. The topological polar surface area (TPSA) is 107 Å². The number of nitrogens with zero attached hydrogens (tertiary/aromatic N) is 3. The van der Waals surface area contributed by atoms with Crippen LogP contribution in [0.25, 0.3) is 11.0 Å². The molecule has 1 aromatic carbocycles. The van der Waals surface area contributed by atoms with E-state index in [1.54, 1.807) is 35.1 Å². The van der Waals surface area contributed by atoms with Crippen LogP contribution < -0.4 is 20.3 Å². The van der Waals surface area contributed by atoms with Gasteiger partial charge in [-0.25, -0.2) is 9.67 Å². The summed E-state index contributed by atoms with van der Waals surface area (Å²) in [5.41, 5.74) is 7.10. The molecule has 0 saturated heterocycles. The number of rotatable bonds is 4. The number of hydrazine groups is 1. The van der Waals surface area contributed by atoms with Gasteiger partial charge in [-0.2, -0.15) is 5.10 Å². The molecule has 156 valence electrons. The molecule has 30 heavy (non-hydrogen) atoms.